The zero-order valence-electron chi connectivity index (χ0n) is 11.3. The van der Waals surface area contributed by atoms with Gasteiger partial charge >= 0.3 is 0 Å². The molecular formula is C13H18N2O3S2. The first-order chi connectivity index (χ1) is 9.42. The smallest absolute Gasteiger partial charge is 0.228 e. The highest BCUT2D eigenvalue weighted by Gasteiger charge is 2.46. The van der Waals surface area contributed by atoms with Crippen LogP contribution < -0.4 is 4.72 Å². The fraction of sp³-hybridized carbons (Fsp3) is 0.615. The molecule has 1 amide bonds. The number of nitrogens with one attached hydrogen (secondary N) is 1. The van der Waals surface area contributed by atoms with Crippen LogP contribution in [0.3, 0.4) is 0 Å². The Kier molecular flexibility index (Phi) is 3.60. The van der Waals surface area contributed by atoms with Crippen molar-refractivity contribution in [1.29, 1.82) is 0 Å². The maximum atomic E-state index is 12.3. The third kappa shape index (κ3) is 2.89. The van der Waals surface area contributed by atoms with E-state index in [0.29, 0.717) is 13.0 Å². The maximum absolute atomic E-state index is 12.3. The van der Waals surface area contributed by atoms with Crippen LogP contribution in [-0.2, 0) is 21.2 Å². The first-order valence-corrected chi connectivity index (χ1v) is 9.48. The van der Waals surface area contributed by atoms with Crippen molar-refractivity contribution < 1.29 is 13.2 Å². The minimum absolute atomic E-state index is 0.000729. The standard InChI is InChI=1S/C13H18N2O3S2/c1-20(17,18)14-12-6-10-5-9(12)8-15(10)13(16)7-11-3-2-4-19-11/h2-4,9-10,12,14H,5-8H2,1H3. The van der Waals surface area contributed by atoms with E-state index in [1.54, 1.807) is 11.3 Å². The van der Waals surface area contributed by atoms with Gasteiger partial charge in [-0.25, -0.2) is 13.1 Å². The van der Waals surface area contributed by atoms with E-state index >= 15 is 0 Å². The van der Waals surface area contributed by atoms with Gasteiger partial charge in [-0.3, -0.25) is 4.79 Å². The molecule has 1 aliphatic heterocycles. The molecule has 1 aromatic rings. The van der Waals surface area contributed by atoms with E-state index in [-0.39, 0.29) is 23.9 Å². The fourth-order valence-electron chi connectivity index (χ4n) is 3.34. The van der Waals surface area contributed by atoms with Gasteiger partial charge in [-0.05, 0) is 30.2 Å². The number of carbonyl (C=O) groups excluding carboxylic acids is 1. The average Bonchev–Trinajstić information content (AvgIpc) is 3.01. The fourth-order valence-corrected chi connectivity index (χ4v) is 4.88. The molecule has 0 aromatic carbocycles. The van der Waals surface area contributed by atoms with Gasteiger partial charge in [0.05, 0.1) is 12.7 Å². The third-order valence-corrected chi connectivity index (χ3v) is 5.74. The van der Waals surface area contributed by atoms with Gasteiger partial charge in [0, 0.05) is 23.5 Å². The number of amides is 1. The highest BCUT2D eigenvalue weighted by Crippen LogP contribution is 2.38. The van der Waals surface area contributed by atoms with Crippen LogP contribution in [0.5, 0.6) is 0 Å². The molecule has 2 fully saturated rings. The second-order valence-corrected chi connectivity index (χ2v) is 8.50. The minimum Gasteiger partial charge on any atom is -0.339 e. The molecule has 0 spiro atoms. The first-order valence-electron chi connectivity index (χ1n) is 6.71. The second-order valence-electron chi connectivity index (χ2n) is 5.68. The number of likely N-dealkylation sites (tertiary alicyclic amines) is 1. The lowest BCUT2D eigenvalue weighted by Gasteiger charge is -2.31. The van der Waals surface area contributed by atoms with Crippen LogP contribution in [0.25, 0.3) is 0 Å². The molecule has 110 valence electrons. The van der Waals surface area contributed by atoms with Gasteiger partial charge in [0.15, 0.2) is 0 Å². The van der Waals surface area contributed by atoms with Gasteiger partial charge in [-0.2, -0.15) is 0 Å². The molecule has 1 aliphatic carbocycles. The van der Waals surface area contributed by atoms with E-state index in [1.807, 2.05) is 22.4 Å². The largest absolute Gasteiger partial charge is 0.339 e. The van der Waals surface area contributed by atoms with Crippen LogP contribution in [0.2, 0.25) is 0 Å². The number of hydrogen-bond acceptors (Lipinski definition) is 4. The normalized spacial score (nSPS) is 29.1. The zero-order valence-corrected chi connectivity index (χ0v) is 12.9. The summed E-state index contributed by atoms with van der Waals surface area (Å²) in [6.45, 7) is 0.683. The summed E-state index contributed by atoms with van der Waals surface area (Å²) in [7, 11) is -3.16. The number of piperidine rings is 1. The molecule has 20 heavy (non-hydrogen) atoms. The number of fused-ring (bicyclic) bond motifs is 2. The van der Waals surface area contributed by atoms with Gasteiger partial charge in [-0.15, -0.1) is 11.3 Å². The Morgan fingerprint density at radius 1 is 1.50 bits per heavy atom. The van der Waals surface area contributed by atoms with E-state index in [4.69, 9.17) is 0 Å². The van der Waals surface area contributed by atoms with E-state index in [2.05, 4.69) is 4.72 Å². The van der Waals surface area contributed by atoms with Crippen LogP contribution in [-0.4, -0.2) is 44.1 Å². The SMILES string of the molecule is CS(=O)(=O)NC1CC2CC1CN2C(=O)Cc1cccs1. The minimum atomic E-state index is -3.16. The van der Waals surface area contributed by atoms with Crippen LogP contribution in [0, 0.1) is 5.92 Å². The second kappa shape index (κ2) is 5.13. The van der Waals surface area contributed by atoms with Crippen molar-refractivity contribution in [1.82, 2.24) is 9.62 Å². The number of sulfonamides is 1. The zero-order chi connectivity index (χ0) is 14.3. The van der Waals surface area contributed by atoms with E-state index in [1.165, 1.54) is 6.26 Å². The van der Waals surface area contributed by atoms with Crippen molar-refractivity contribution in [3.8, 4) is 0 Å². The Labute approximate surface area is 123 Å². The van der Waals surface area contributed by atoms with Gasteiger partial charge in [0.25, 0.3) is 0 Å². The van der Waals surface area contributed by atoms with Crippen molar-refractivity contribution in [2.45, 2.75) is 31.3 Å². The molecule has 1 saturated heterocycles. The summed E-state index contributed by atoms with van der Waals surface area (Å²) in [5.74, 6) is 0.430. The summed E-state index contributed by atoms with van der Waals surface area (Å²) in [5, 5.41) is 1.98. The van der Waals surface area contributed by atoms with E-state index in [0.717, 1.165) is 17.7 Å². The molecule has 5 nitrogen and oxygen atoms in total. The van der Waals surface area contributed by atoms with Crippen molar-refractivity contribution in [3.63, 3.8) is 0 Å². The van der Waals surface area contributed by atoms with E-state index in [9.17, 15) is 13.2 Å². The Balaban J connectivity index is 1.60. The van der Waals surface area contributed by atoms with Crippen LogP contribution in [0.15, 0.2) is 17.5 Å². The lowest BCUT2D eigenvalue weighted by atomic mass is 10.0. The summed E-state index contributed by atoms with van der Waals surface area (Å²) in [5.41, 5.74) is 0. The monoisotopic (exact) mass is 314 g/mol. The Hall–Kier alpha value is -0.920. The van der Waals surface area contributed by atoms with Crippen molar-refractivity contribution in [2.75, 3.05) is 12.8 Å². The molecule has 3 atom stereocenters. The summed E-state index contributed by atoms with van der Waals surface area (Å²) in [6, 6.07) is 4.13. The lowest BCUT2D eigenvalue weighted by Crippen LogP contribution is -2.47. The molecular weight excluding hydrogens is 296 g/mol. The van der Waals surface area contributed by atoms with Gasteiger partial charge in [-0.1, -0.05) is 6.07 Å². The molecule has 2 bridgehead atoms. The maximum Gasteiger partial charge on any atom is 0.228 e. The topological polar surface area (TPSA) is 66.5 Å². The number of thiophene rings is 1. The Morgan fingerprint density at radius 2 is 2.30 bits per heavy atom. The molecule has 7 heteroatoms. The molecule has 3 rings (SSSR count). The first kappa shape index (κ1) is 14.0. The Bertz CT molecular complexity index is 597. The number of hydrogen-bond donors (Lipinski definition) is 1. The van der Waals surface area contributed by atoms with Crippen molar-refractivity contribution in [2.24, 2.45) is 5.92 Å². The van der Waals surface area contributed by atoms with Gasteiger partial charge in [0.2, 0.25) is 15.9 Å². The third-order valence-electron chi connectivity index (χ3n) is 4.13. The Morgan fingerprint density at radius 3 is 2.85 bits per heavy atom. The van der Waals surface area contributed by atoms with Crippen molar-refractivity contribution in [3.05, 3.63) is 22.4 Å². The van der Waals surface area contributed by atoms with Crippen LogP contribution >= 0.6 is 11.3 Å². The summed E-state index contributed by atoms with van der Waals surface area (Å²) in [4.78, 5) is 15.3. The number of rotatable bonds is 4. The van der Waals surface area contributed by atoms with Gasteiger partial charge < -0.3 is 4.90 Å². The average molecular weight is 314 g/mol. The highest BCUT2D eigenvalue weighted by molar-refractivity contribution is 7.88. The quantitative estimate of drug-likeness (QED) is 0.895. The lowest BCUT2D eigenvalue weighted by molar-refractivity contribution is -0.132. The van der Waals surface area contributed by atoms with Crippen LogP contribution in [0.4, 0.5) is 0 Å². The van der Waals surface area contributed by atoms with Crippen LogP contribution in [0.1, 0.15) is 17.7 Å². The molecule has 1 saturated carbocycles. The highest BCUT2D eigenvalue weighted by atomic mass is 32.2. The van der Waals surface area contributed by atoms with Gasteiger partial charge in [0.1, 0.15) is 0 Å². The number of nitrogens with zero attached hydrogens (tertiary/aromatic N) is 1. The molecule has 3 unspecified atom stereocenters. The van der Waals surface area contributed by atoms with E-state index < -0.39 is 10.0 Å². The predicted molar refractivity (Wildman–Crippen MR) is 78.0 cm³/mol. The molecule has 1 aromatic heterocycles. The summed E-state index contributed by atoms with van der Waals surface area (Å²) in [6.07, 6.45) is 3.32. The molecule has 0 radical (unpaired) electrons. The molecule has 2 heterocycles. The predicted octanol–water partition coefficient (Wildman–Crippen LogP) is 0.829. The van der Waals surface area contributed by atoms with Crippen molar-refractivity contribution >= 4 is 27.3 Å². The molecule has 2 aliphatic rings. The number of carbonyl (C=O) groups is 1. The summed E-state index contributed by atoms with van der Waals surface area (Å²) >= 11 is 1.60. The summed E-state index contributed by atoms with van der Waals surface area (Å²) < 4.78 is 25.3. The molecule has 1 N–H and O–H groups in total.